The van der Waals surface area contributed by atoms with E-state index in [1.54, 1.807) is 23.7 Å². The lowest BCUT2D eigenvalue weighted by Crippen LogP contribution is -2.27. The number of amides is 1. The van der Waals surface area contributed by atoms with E-state index in [4.69, 9.17) is 0 Å². The fraction of sp³-hybridized carbons (Fsp3) is 0.474. The molecule has 164 valence electrons. The van der Waals surface area contributed by atoms with Crippen LogP contribution < -0.4 is 10.0 Å². The molecule has 1 aliphatic rings. The van der Waals surface area contributed by atoms with Gasteiger partial charge in [0, 0.05) is 17.3 Å². The molecule has 1 atom stereocenters. The highest BCUT2D eigenvalue weighted by Crippen LogP contribution is 2.35. The predicted octanol–water partition coefficient (Wildman–Crippen LogP) is 4.75. The Bertz CT molecular complexity index is 940. The Balaban J connectivity index is 1.74. The molecule has 1 heterocycles. The Morgan fingerprint density at radius 1 is 1.20 bits per heavy atom. The standard InChI is InChI=1S/C19H22F3N3O3S2/c20-19(21,22)12-30(27,28)25-15-7-5-14(6-8-15)16(11-13-3-1-2-4-13)17(26)24-18-23-9-10-29-18/h5-10,13,16,25H,1-4,11-12H2,(H,23,24,26). The number of thiazole rings is 1. The van der Waals surface area contributed by atoms with Gasteiger partial charge in [-0.25, -0.2) is 13.4 Å². The minimum atomic E-state index is -4.83. The van der Waals surface area contributed by atoms with Crippen LogP contribution in [0.5, 0.6) is 0 Å². The summed E-state index contributed by atoms with van der Waals surface area (Å²) in [6.45, 7) is 0. The number of carbonyl (C=O) groups is 1. The molecule has 6 nitrogen and oxygen atoms in total. The molecule has 1 aromatic heterocycles. The van der Waals surface area contributed by atoms with E-state index in [0.29, 0.717) is 23.0 Å². The maximum absolute atomic E-state index is 12.9. The second kappa shape index (κ2) is 9.34. The predicted molar refractivity (Wildman–Crippen MR) is 110 cm³/mol. The molecule has 1 unspecified atom stereocenters. The van der Waals surface area contributed by atoms with Gasteiger partial charge in [0.25, 0.3) is 0 Å². The molecule has 1 amide bonds. The quantitative estimate of drug-likeness (QED) is 0.594. The number of rotatable bonds is 8. The van der Waals surface area contributed by atoms with Crippen LogP contribution >= 0.6 is 11.3 Å². The molecule has 1 aromatic carbocycles. The number of alkyl halides is 3. The number of anilines is 2. The number of halogens is 3. The summed E-state index contributed by atoms with van der Waals surface area (Å²) in [4.78, 5) is 17.0. The number of hydrogen-bond acceptors (Lipinski definition) is 5. The zero-order valence-electron chi connectivity index (χ0n) is 16.0. The first kappa shape index (κ1) is 22.5. The Morgan fingerprint density at radius 2 is 1.87 bits per heavy atom. The van der Waals surface area contributed by atoms with E-state index in [1.807, 2.05) is 4.72 Å². The number of sulfonamides is 1. The van der Waals surface area contributed by atoms with Crippen molar-refractivity contribution in [1.82, 2.24) is 4.98 Å². The SMILES string of the molecule is O=C(Nc1nccs1)C(CC1CCCC1)c1ccc(NS(=O)(=O)CC(F)(F)F)cc1. The lowest BCUT2D eigenvalue weighted by molar-refractivity contribution is -0.118. The monoisotopic (exact) mass is 461 g/mol. The summed E-state index contributed by atoms with van der Waals surface area (Å²) in [7, 11) is -4.56. The lowest BCUT2D eigenvalue weighted by atomic mass is 9.87. The van der Waals surface area contributed by atoms with Crippen molar-refractivity contribution < 1.29 is 26.4 Å². The highest BCUT2D eigenvalue weighted by molar-refractivity contribution is 7.92. The summed E-state index contributed by atoms with van der Waals surface area (Å²) in [5, 5.41) is 5.05. The molecule has 0 spiro atoms. The van der Waals surface area contributed by atoms with Crippen LogP contribution in [0.1, 0.15) is 43.6 Å². The summed E-state index contributed by atoms with van der Waals surface area (Å²) in [6, 6.07) is 5.90. The molecule has 2 N–H and O–H groups in total. The Labute approximate surface area is 177 Å². The smallest absolute Gasteiger partial charge is 0.301 e. The van der Waals surface area contributed by atoms with Crippen molar-refractivity contribution >= 4 is 38.1 Å². The van der Waals surface area contributed by atoms with Crippen molar-refractivity contribution in [3.8, 4) is 0 Å². The summed E-state index contributed by atoms with van der Waals surface area (Å²) in [6.07, 6.45) is 1.78. The molecular weight excluding hydrogens is 439 g/mol. The van der Waals surface area contributed by atoms with Gasteiger partial charge in [0.2, 0.25) is 15.9 Å². The van der Waals surface area contributed by atoms with Gasteiger partial charge < -0.3 is 5.32 Å². The molecular formula is C19H22F3N3O3S2. The van der Waals surface area contributed by atoms with E-state index in [0.717, 1.165) is 25.7 Å². The van der Waals surface area contributed by atoms with Crippen LogP contribution in [0.2, 0.25) is 0 Å². The maximum atomic E-state index is 12.9. The molecule has 0 saturated heterocycles. The van der Waals surface area contributed by atoms with Gasteiger partial charge in [0.1, 0.15) is 0 Å². The molecule has 2 aromatic rings. The van der Waals surface area contributed by atoms with E-state index in [-0.39, 0.29) is 11.6 Å². The first-order chi connectivity index (χ1) is 14.1. The van der Waals surface area contributed by atoms with Gasteiger partial charge in [0.15, 0.2) is 10.9 Å². The third-order valence-corrected chi connectivity index (χ3v) is 6.91. The van der Waals surface area contributed by atoms with Crippen LogP contribution in [-0.2, 0) is 14.8 Å². The second-order valence-electron chi connectivity index (χ2n) is 7.36. The molecule has 30 heavy (non-hydrogen) atoms. The van der Waals surface area contributed by atoms with Crippen LogP contribution in [0.25, 0.3) is 0 Å². The second-order valence-corrected chi connectivity index (χ2v) is 9.98. The Morgan fingerprint density at radius 3 is 2.43 bits per heavy atom. The minimum Gasteiger partial charge on any atom is -0.301 e. The van der Waals surface area contributed by atoms with Crippen LogP contribution in [0.4, 0.5) is 24.0 Å². The van der Waals surface area contributed by atoms with E-state index in [1.165, 1.54) is 23.5 Å². The largest absolute Gasteiger partial charge is 0.404 e. The normalized spacial score (nSPS) is 16.4. The van der Waals surface area contributed by atoms with E-state index < -0.39 is 27.9 Å². The van der Waals surface area contributed by atoms with Gasteiger partial charge >= 0.3 is 6.18 Å². The Hall–Kier alpha value is -2.14. The van der Waals surface area contributed by atoms with Crippen LogP contribution in [0, 0.1) is 5.92 Å². The molecule has 11 heteroatoms. The summed E-state index contributed by atoms with van der Waals surface area (Å²) in [5.41, 5.74) is 0.692. The molecule has 1 aliphatic carbocycles. The zero-order valence-corrected chi connectivity index (χ0v) is 17.6. The number of benzene rings is 1. The van der Waals surface area contributed by atoms with Crippen molar-refractivity contribution in [3.63, 3.8) is 0 Å². The number of nitrogens with one attached hydrogen (secondary N) is 2. The van der Waals surface area contributed by atoms with Crippen molar-refractivity contribution in [2.24, 2.45) is 5.92 Å². The average Bonchev–Trinajstić information content (AvgIpc) is 3.31. The van der Waals surface area contributed by atoms with Crippen molar-refractivity contribution in [3.05, 3.63) is 41.4 Å². The Kier molecular flexibility index (Phi) is 7.02. The molecule has 0 bridgehead atoms. The van der Waals surface area contributed by atoms with Gasteiger partial charge in [-0.2, -0.15) is 13.2 Å². The van der Waals surface area contributed by atoms with Crippen LogP contribution in [0.15, 0.2) is 35.8 Å². The first-order valence-electron chi connectivity index (χ1n) is 9.49. The molecule has 1 fully saturated rings. The molecule has 1 saturated carbocycles. The fourth-order valence-electron chi connectivity index (χ4n) is 3.67. The topological polar surface area (TPSA) is 88.2 Å². The highest BCUT2D eigenvalue weighted by atomic mass is 32.2. The van der Waals surface area contributed by atoms with Crippen LogP contribution in [-0.4, -0.2) is 31.2 Å². The average molecular weight is 462 g/mol. The summed E-state index contributed by atoms with van der Waals surface area (Å²) >= 11 is 1.31. The maximum Gasteiger partial charge on any atom is 0.404 e. The first-order valence-corrected chi connectivity index (χ1v) is 12.0. The van der Waals surface area contributed by atoms with Gasteiger partial charge in [0.05, 0.1) is 5.92 Å². The molecule has 0 radical (unpaired) electrons. The van der Waals surface area contributed by atoms with E-state index in [9.17, 15) is 26.4 Å². The van der Waals surface area contributed by atoms with Crippen LogP contribution in [0.3, 0.4) is 0 Å². The number of nitrogens with zero attached hydrogens (tertiary/aromatic N) is 1. The number of hydrogen-bond donors (Lipinski definition) is 2. The third kappa shape index (κ3) is 6.69. The van der Waals surface area contributed by atoms with E-state index in [2.05, 4.69) is 10.3 Å². The van der Waals surface area contributed by atoms with Gasteiger partial charge in [-0.3, -0.25) is 9.52 Å². The van der Waals surface area contributed by atoms with Gasteiger partial charge in [-0.05, 0) is 30.0 Å². The number of carbonyl (C=O) groups excluding carboxylic acids is 1. The summed E-state index contributed by atoms with van der Waals surface area (Å²) < 4.78 is 62.4. The fourth-order valence-corrected chi connectivity index (χ4v) is 5.20. The zero-order chi connectivity index (χ0) is 21.8. The third-order valence-electron chi connectivity index (χ3n) is 4.96. The van der Waals surface area contributed by atoms with Crippen molar-refractivity contribution in [2.75, 3.05) is 15.8 Å². The van der Waals surface area contributed by atoms with E-state index >= 15 is 0 Å². The molecule has 3 rings (SSSR count). The highest BCUT2D eigenvalue weighted by Gasteiger charge is 2.35. The van der Waals surface area contributed by atoms with Crippen molar-refractivity contribution in [1.29, 1.82) is 0 Å². The summed E-state index contributed by atoms with van der Waals surface area (Å²) in [5.74, 6) is -2.20. The molecule has 0 aliphatic heterocycles. The lowest BCUT2D eigenvalue weighted by Gasteiger charge is -2.20. The number of aromatic nitrogens is 1. The van der Waals surface area contributed by atoms with Gasteiger partial charge in [-0.15, -0.1) is 11.3 Å². The van der Waals surface area contributed by atoms with Crippen molar-refractivity contribution in [2.45, 2.75) is 44.2 Å². The van der Waals surface area contributed by atoms with Gasteiger partial charge in [-0.1, -0.05) is 37.8 Å². The minimum absolute atomic E-state index is 0.0166.